The van der Waals surface area contributed by atoms with Crippen molar-refractivity contribution >= 4 is 17.6 Å². The zero-order valence-electron chi connectivity index (χ0n) is 12.6. The number of anilines is 1. The van der Waals surface area contributed by atoms with Gasteiger partial charge in [0.2, 0.25) is 5.91 Å². The van der Waals surface area contributed by atoms with Gasteiger partial charge in [0.15, 0.2) is 0 Å². The maximum atomic E-state index is 14.0. The summed E-state index contributed by atoms with van der Waals surface area (Å²) in [6, 6.07) is 12.9. The Morgan fingerprint density at radius 2 is 1.74 bits per heavy atom. The quantitative estimate of drug-likeness (QED) is 0.881. The van der Waals surface area contributed by atoms with Crippen LogP contribution in [0.4, 0.5) is 10.1 Å². The summed E-state index contributed by atoms with van der Waals surface area (Å²) in [5, 5.41) is 2.75. The summed E-state index contributed by atoms with van der Waals surface area (Å²) >= 11 is 0. The third-order valence-corrected chi connectivity index (χ3v) is 4.15. The van der Waals surface area contributed by atoms with Crippen molar-refractivity contribution in [2.45, 2.75) is 18.3 Å². The van der Waals surface area contributed by atoms with Crippen LogP contribution in [0.1, 0.15) is 28.8 Å². The van der Waals surface area contributed by atoms with E-state index in [2.05, 4.69) is 5.32 Å². The summed E-state index contributed by atoms with van der Waals surface area (Å²) in [4.78, 5) is 24.5. The molecule has 0 unspecified atom stereocenters. The molecule has 2 aromatic carbocycles. The molecule has 23 heavy (non-hydrogen) atoms. The van der Waals surface area contributed by atoms with Crippen molar-refractivity contribution in [2.75, 3.05) is 12.4 Å². The zero-order chi connectivity index (χ0) is 16.4. The zero-order valence-corrected chi connectivity index (χ0v) is 12.6. The van der Waals surface area contributed by atoms with Crippen molar-refractivity contribution < 1.29 is 18.7 Å². The minimum absolute atomic E-state index is 0.271. The van der Waals surface area contributed by atoms with E-state index in [1.807, 2.05) is 0 Å². The molecular weight excluding hydrogens is 297 g/mol. The molecule has 118 valence electrons. The van der Waals surface area contributed by atoms with Gasteiger partial charge in [-0.25, -0.2) is 9.18 Å². The van der Waals surface area contributed by atoms with E-state index in [1.165, 1.54) is 13.2 Å². The van der Waals surface area contributed by atoms with E-state index in [1.54, 1.807) is 42.5 Å². The number of para-hydroxylation sites is 1. The summed E-state index contributed by atoms with van der Waals surface area (Å²) in [5.41, 5.74) is 0.182. The molecule has 1 aliphatic carbocycles. The van der Waals surface area contributed by atoms with Crippen molar-refractivity contribution in [1.82, 2.24) is 0 Å². The van der Waals surface area contributed by atoms with Crippen LogP contribution in [-0.2, 0) is 14.9 Å². The van der Waals surface area contributed by atoms with Gasteiger partial charge in [-0.05, 0) is 31.0 Å². The van der Waals surface area contributed by atoms with Crippen molar-refractivity contribution in [1.29, 1.82) is 0 Å². The van der Waals surface area contributed by atoms with Crippen LogP contribution in [0.25, 0.3) is 0 Å². The van der Waals surface area contributed by atoms with Crippen LogP contribution in [0.2, 0.25) is 0 Å². The maximum absolute atomic E-state index is 14.0. The average Bonchev–Trinajstić information content (AvgIpc) is 3.37. The SMILES string of the molecule is COC(=O)c1ccccc1NC(=O)C1(c2ccccc2F)CC1. The Morgan fingerprint density at radius 3 is 2.39 bits per heavy atom. The van der Waals surface area contributed by atoms with Gasteiger partial charge in [0.25, 0.3) is 0 Å². The van der Waals surface area contributed by atoms with Crippen molar-refractivity contribution in [3.63, 3.8) is 0 Å². The second-order valence-corrected chi connectivity index (χ2v) is 5.55. The Kier molecular flexibility index (Phi) is 3.86. The maximum Gasteiger partial charge on any atom is 0.339 e. The highest BCUT2D eigenvalue weighted by Crippen LogP contribution is 2.49. The van der Waals surface area contributed by atoms with E-state index in [4.69, 9.17) is 4.74 Å². The topological polar surface area (TPSA) is 55.4 Å². The van der Waals surface area contributed by atoms with Crippen LogP contribution >= 0.6 is 0 Å². The first kappa shape index (κ1) is 15.2. The number of carbonyl (C=O) groups excluding carboxylic acids is 2. The number of hydrogen-bond acceptors (Lipinski definition) is 3. The molecule has 0 aliphatic heterocycles. The predicted molar refractivity (Wildman–Crippen MR) is 83.7 cm³/mol. The smallest absolute Gasteiger partial charge is 0.339 e. The van der Waals surface area contributed by atoms with E-state index < -0.39 is 11.4 Å². The highest BCUT2D eigenvalue weighted by molar-refractivity contribution is 6.06. The van der Waals surface area contributed by atoms with Gasteiger partial charge in [-0.1, -0.05) is 30.3 Å². The molecule has 1 N–H and O–H groups in total. The van der Waals surface area contributed by atoms with E-state index in [9.17, 15) is 14.0 Å². The summed E-state index contributed by atoms with van der Waals surface area (Å²) in [7, 11) is 1.28. The largest absolute Gasteiger partial charge is 0.465 e. The first-order valence-corrected chi connectivity index (χ1v) is 7.32. The number of halogens is 1. The molecule has 1 fully saturated rings. The minimum atomic E-state index is -0.853. The number of esters is 1. The van der Waals surface area contributed by atoms with E-state index >= 15 is 0 Å². The lowest BCUT2D eigenvalue weighted by molar-refractivity contribution is -0.118. The molecule has 0 bridgehead atoms. The summed E-state index contributed by atoms with van der Waals surface area (Å²) in [6.45, 7) is 0. The molecule has 1 saturated carbocycles. The minimum Gasteiger partial charge on any atom is -0.465 e. The van der Waals surface area contributed by atoms with Crippen LogP contribution in [0.5, 0.6) is 0 Å². The lowest BCUT2D eigenvalue weighted by atomic mass is 9.94. The van der Waals surface area contributed by atoms with Crippen molar-refractivity contribution in [2.24, 2.45) is 0 Å². The van der Waals surface area contributed by atoms with Crippen LogP contribution in [0.3, 0.4) is 0 Å². The standard InChI is InChI=1S/C18H16FNO3/c1-23-16(21)12-6-2-5-9-15(12)20-17(22)18(10-11-18)13-7-3-4-8-14(13)19/h2-9H,10-11H2,1H3,(H,20,22). The van der Waals surface area contributed by atoms with Crippen LogP contribution in [0, 0.1) is 5.82 Å². The average molecular weight is 313 g/mol. The summed E-state index contributed by atoms with van der Waals surface area (Å²) in [6.07, 6.45) is 1.17. The van der Waals surface area contributed by atoms with Gasteiger partial charge < -0.3 is 10.1 Å². The monoisotopic (exact) mass is 313 g/mol. The fourth-order valence-electron chi connectivity index (χ4n) is 2.72. The molecule has 4 nitrogen and oxygen atoms in total. The van der Waals surface area contributed by atoms with Crippen LogP contribution < -0.4 is 5.32 Å². The molecule has 0 heterocycles. The summed E-state index contributed by atoms with van der Waals surface area (Å²) in [5.74, 6) is -1.23. The first-order valence-electron chi connectivity index (χ1n) is 7.32. The fraction of sp³-hybridized carbons (Fsp3) is 0.222. The van der Waals surface area contributed by atoms with Gasteiger partial charge in [0.1, 0.15) is 5.82 Å². The molecule has 2 aromatic rings. The van der Waals surface area contributed by atoms with Gasteiger partial charge in [-0.15, -0.1) is 0 Å². The van der Waals surface area contributed by atoms with Crippen molar-refractivity contribution in [3.8, 4) is 0 Å². The van der Waals surface area contributed by atoms with Crippen molar-refractivity contribution in [3.05, 3.63) is 65.5 Å². The molecule has 1 aliphatic rings. The highest BCUT2D eigenvalue weighted by atomic mass is 19.1. The van der Waals surface area contributed by atoms with Crippen LogP contribution in [0.15, 0.2) is 48.5 Å². The Bertz CT molecular complexity index is 768. The number of ether oxygens (including phenoxy) is 1. The Labute approximate surface area is 133 Å². The lowest BCUT2D eigenvalue weighted by Gasteiger charge is -2.17. The Balaban J connectivity index is 1.89. The fourth-order valence-corrected chi connectivity index (χ4v) is 2.72. The van der Waals surface area contributed by atoms with Crippen LogP contribution in [-0.4, -0.2) is 19.0 Å². The van der Waals surface area contributed by atoms with E-state index in [0.29, 0.717) is 24.1 Å². The third-order valence-electron chi connectivity index (χ3n) is 4.15. The normalized spacial score (nSPS) is 14.9. The predicted octanol–water partition coefficient (Wildman–Crippen LogP) is 3.28. The molecule has 0 radical (unpaired) electrons. The highest BCUT2D eigenvalue weighted by Gasteiger charge is 2.52. The van der Waals surface area contributed by atoms with E-state index in [-0.39, 0.29) is 17.3 Å². The number of benzene rings is 2. The number of amides is 1. The molecule has 0 saturated heterocycles. The first-order chi connectivity index (χ1) is 11.1. The molecule has 0 atom stereocenters. The molecule has 1 amide bonds. The van der Waals surface area contributed by atoms with E-state index in [0.717, 1.165) is 0 Å². The molecular formula is C18H16FNO3. The number of nitrogens with one attached hydrogen (secondary N) is 1. The number of hydrogen-bond donors (Lipinski definition) is 1. The third kappa shape index (κ3) is 2.70. The number of carbonyl (C=O) groups is 2. The second kappa shape index (κ2) is 5.83. The Morgan fingerprint density at radius 1 is 1.09 bits per heavy atom. The molecule has 5 heteroatoms. The van der Waals surface area contributed by atoms with Gasteiger partial charge >= 0.3 is 5.97 Å². The van der Waals surface area contributed by atoms with Gasteiger partial charge in [0, 0.05) is 5.56 Å². The van der Waals surface area contributed by atoms with Gasteiger partial charge in [-0.2, -0.15) is 0 Å². The van der Waals surface area contributed by atoms with Gasteiger partial charge in [-0.3, -0.25) is 4.79 Å². The Hall–Kier alpha value is -2.69. The molecule has 3 rings (SSSR count). The second-order valence-electron chi connectivity index (χ2n) is 5.55. The molecule has 0 spiro atoms. The molecule has 0 aromatic heterocycles. The number of rotatable bonds is 4. The van der Waals surface area contributed by atoms with Gasteiger partial charge in [0.05, 0.1) is 23.8 Å². The summed E-state index contributed by atoms with van der Waals surface area (Å²) < 4.78 is 18.7. The number of methoxy groups -OCH3 is 1. The lowest BCUT2D eigenvalue weighted by Crippen LogP contribution is -2.29.